The minimum atomic E-state index is -0.717. The maximum Gasteiger partial charge on any atom is 0.307 e. The molecule has 128 valence electrons. The molecule has 2 aliphatic rings. The largest absolute Gasteiger partial charge is 0.481 e. The number of ether oxygens (including phenoxy) is 2. The Kier molecular flexibility index (Phi) is 4.93. The van der Waals surface area contributed by atoms with E-state index in [9.17, 15) is 9.90 Å². The number of hydrogen-bond donors (Lipinski definition) is 1. The topological polar surface area (TPSA) is 55.8 Å². The van der Waals surface area contributed by atoms with E-state index in [1.165, 1.54) is 11.1 Å². The first kappa shape index (κ1) is 16.6. The molecule has 1 aliphatic carbocycles. The molecular formula is C20H24O4. The fourth-order valence-corrected chi connectivity index (χ4v) is 3.49. The molecule has 0 saturated heterocycles. The molecule has 1 heterocycles. The van der Waals surface area contributed by atoms with E-state index >= 15 is 0 Å². The second-order valence-electron chi connectivity index (χ2n) is 6.79. The Morgan fingerprint density at radius 2 is 2.08 bits per heavy atom. The molecule has 4 heteroatoms. The van der Waals surface area contributed by atoms with Crippen molar-refractivity contribution in [2.75, 3.05) is 6.79 Å². The molecule has 1 N–H and O–H groups in total. The van der Waals surface area contributed by atoms with Crippen LogP contribution >= 0.6 is 0 Å². The Bertz CT molecular complexity index is 683. The second kappa shape index (κ2) is 7.12. The molecule has 0 amide bonds. The van der Waals surface area contributed by atoms with Crippen molar-refractivity contribution in [2.45, 2.75) is 45.4 Å². The summed E-state index contributed by atoms with van der Waals surface area (Å²) in [6.07, 6.45) is 7.76. The van der Waals surface area contributed by atoms with Crippen LogP contribution in [0, 0.1) is 5.92 Å². The molecule has 1 aliphatic heterocycles. The van der Waals surface area contributed by atoms with Crippen LogP contribution in [0.5, 0.6) is 11.5 Å². The summed E-state index contributed by atoms with van der Waals surface area (Å²) < 4.78 is 10.8. The van der Waals surface area contributed by atoms with Crippen molar-refractivity contribution in [1.29, 1.82) is 0 Å². The molecule has 0 bridgehead atoms. The quantitative estimate of drug-likeness (QED) is 0.798. The number of hydrogen-bond acceptors (Lipinski definition) is 3. The van der Waals surface area contributed by atoms with Gasteiger partial charge in [-0.25, -0.2) is 0 Å². The monoisotopic (exact) mass is 328 g/mol. The van der Waals surface area contributed by atoms with Gasteiger partial charge in [-0.1, -0.05) is 29.4 Å². The molecule has 4 nitrogen and oxygen atoms in total. The van der Waals surface area contributed by atoms with Crippen LogP contribution in [-0.2, 0) is 4.79 Å². The van der Waals surface area contributed by atoms with E-state index < -0.39 is 5.97 Å². The zero-order valence-electron chi connectivity index (χ0n) is 14.2. The lowest BCUT2D eigenvalue weighted by molar-refractivity contribution is -0.142. The van der Waals surface area contributed by atoms with Gasteiger partial charge in [0.25, 0.3) is 0 Å². The third kappa shape index (κ3) is 3.64. The van der Waals surface area contributed by atoms with Crippen molar-refractivity contribution in [3.8, 4) is 11.5 Å². The van der Waals surface area contributed by atoms with Crippen molar-refractivity contribution < 1.29 is 19.4 Å². The highest BCUT2D eigenvalue weighted by molar-refractivity contribution is 5.72. The normalized spacial score (nSPS) is 22.0. The first-order valence-electron chi connectivity index (χ1n) is 8.48. The molecule has 1 aromatic rings. The molecule has 0 fully saturated rings. The van der Waals surface area contributed by atoms with E-state index in [-0.39, 0.29) is 18.6 Å². The van der Waals surface area contributed by atoms with Gasteiger partial charge in [0.1, 0.15) is 0 Å². The summed E-state index contributed by atoms with van der Waals surface area (Å²) in [7, 11) is 0. The van der Waals surface area contributed by atoms with Crippen molar-refractivity contribution in [2.24, 2.45) is 5.92 Å². The predicted octanol–water partition coefficient (Wildman–Crippen LogP) is 4.67. The Balaban J connectivity index is 1.77. The lowest BCUT2D eigenvalue weighted by Gasteiger charge is -2.29. The number of benzene rings is 1. The van der Waals surface area contributed by atoms with E-state index in [0.29, 0.717) is 6.42 Å². The fraction of sp³-hybridized carbons (Fsp3) is 0.450. The van der Waals surface area contributed by atoms with Gasteiger partial charge in [0.15, 0.2) is 11.5 Å². The van der Waals surface area contributed by atoms with E-state index in [1.807, 2.05) is 18.2 Å². The van der Waals surface area contributed by atoms with Crippen molar-refractivity contribution in [3.05, 3.63) is 47.1 Å². The number of rotatable bonds is 5. The van der Waals surface area contributed by atoms with E-state index in [1.54, 1.807) is 0 Å². The number of aliphatic carboxylic acids is 1. The molecule has 24 heavy (non-hydrogen) atoms. The van der Waals surface area contributed by atoms with Crippen LogP contribution in [0.15, 0.2) is 41.5 Å². The van der Waals surface area contributed by atoms with Gasteiger partial charge in [0.2, 0.25) is 6.79 Å². The standard InChI is InChI=1S/C20H24O4/c1-13(2)4-3-5-14-6-8-16(17(10-14)20(21)22)15-7-9-18-19(11-15)24-12-23-18/h4,6-7,9,11,16-17H,3,5,8,10,12H2,1-2H3,(H,21,22)/t16-,17+/m1/s1. The average molecular weight is 328 g/mol. The molecule has 0 aromatic heterocycles. The maximum absolute atomic E-state index is 11.8. The van der Waals surface area contributed by atoms with Gasteiger partial charge in [0.05, 0.1) is 5.92 Å². The van der Waals surface area contributed by atoms with E-state index in [2.05, 4.69) is 26.0 Å². The Morgan fingerprint density at radius 3 is 2.83 bits per heavy atom. The molecule has 0 unspecified atom stereocenters. The van der Waals surface area contributed by atoms with E-state index in [4.69, 9.17) is 9.47 Å². The van der Waals surface area contributed by atoms with Crippen molar-refractivity contribution in [3.63, 3.8) is 0 Å². The number of allylic oxidation sites excluding steroid dienone is 4. The third-order valence-corrected chi connectivity index (χ3v) is 4.79. The number of carbonyl (C=O) groups is 1. The highest BCUT2D eigenvalue weighted by Crippen LogP contribution is 2.42. The summed E-state index contributed by atoms with van der Waals surface area (Å²) >= 11 is 0. The Hall–Kier alpha value is -2.23. The molecule has 0 spiro atoms. The lowest BCUT2D eigenvalue weighted by atomic mass is 9.75. The molecule has 0 saturated carbocycles. The third-order valence-electron chi connectivity index (χ3n) is 4.79. The minimum Gasteiger partial charge on any atom is -0.481 e. The highest BCUT2D eigenvalue weighted by atomic mass is 16.7. The van der Waals surface area contributed by atoms with Gasteiger partial charge in [-0.05, 0) is 57.2 Å². The SMILES string of the molecule is CC(C)=CCCC1=CC[C@H](c2ccc3c(c2)OCO3)[C@@H](C(=O)O)C1. The Labute approximate surface area is 142 Å². The van der Waals surface area contributed by atoms with Crippen LogP contribution in [-0.4, -0.2) is 17.9 Å². The van der Waals surface area contributed by atoms with Crippen LogP contribution in [0.1, 0.15) is 51.0 Å². The van der Waals surface area contributed by atoms with Crippen LogP contribution in [0.3, 0.4) is 0 Å². The predicted molar refractivity (Wildman–Crippen MR) is 92.4 cm³/mol. The molecular weight excluding hydrogens is 304 g/mol. The van der Waals surface area contributed by atoms with Crippen LogP contribution in [0.25, 0.3) is 0 Å². The Morgan fingerprint density at radius 1 is 1.29 bits per heavy atom. The maximum atomic E-state index is 11.8. The summed E-state index contributed by atoms with van der Waals surface area (Å²) in [6.45, 7) is 4.41. The average Bonchev–Trinajstić information content (AvgIpc) is 3.02. The first-order valence-corrected chi connectivity index (χ1v) is 8.48. The van der Waals surface area contributed by atoms with Gasteiger partial charge in [0, 0.05) is 5.92 Å². The number of carboxylic acids is 1. The number of carboxylic acid groups (broad SMARTS) is 1. The molecule has 2 atom stereocenters. The van der Waals surface area contributed by atoms with Gasteiger partial charge in [-0.15, -0.1) is 0 Å². The first-order chi connectivity index (χ1) is 11.5. The second-order valence-corrected chi connectivity index (χ2v) is 6.79. The van der Waals surface area contributed by atoms with Gasteiger partial charge < -0.3 is 14.6 Å². The van der Waals surface area contributed by atoms with Crippen molar-refractivity contribution in [1.82, 2.24) is 0 Å². The van der Waals surface area contributed by atoms with Gasteiger partial charge in [-0.2, -0.15) is 0 Å². The molecule has 1 aromatic carbocycles. The molecule has 3 rings (SSSR count). The summed E-state index contributed by atoms with van der Waals surface area (Å²) in [5.74, 6) is 0.348. The zero-order valence-corrected chi connectivity index (χ0v) is 14.2. The summed E-state index contributed by atoms with van der Waals surface area (Å²) in [5, 5.41) is 9.70. The van der Waals surface area contributed by atoms with E-state index in [0.717, 1.165) is 36.3 Å². The fourth-order valence-electron chi connectivity index (χ4n) is 3.49. The summed E-state index contributed by atoms with van der Waals surface area (Å²) in [6, 6.07) is 5.78. The van der Waals surface area contributed by atoms with Crippen LogP contribution in [0.2, 0.25) is 0 Å². The van der Waals surface area contributed by atoms with Crippen LogP contribution < -0.4 is 9.47 Å². The van der Waals surface area contributed by atoms with Crippen molar-refractivity contribution >= 4 is 5.97 Å². The van der Waals surface area contributed by atoms with Gasteiger partial charge in [-0.3, -0.25) is 4.79 Å². The summed E-state index contributed by atoms with van der Waals surface area (Å²) in [4.78, 5) is 11.8. The minimum absolute atomic E-state index is 0.01000. The summed E-state index contributed by atoms with van der Waals surface area (Å²) in [5.41, 5.74) is 3.59. The highest BCUT2D eigenvalue weighted by Gasteiger charge is 2.33. The zero-order chi connectivity index (χ0) is 17.1. The van der Waals surface area contributed by atoms with Gasteiger partial charge >= 0.3 is 5.97 Å². The lowest BCUT2D eigenvalue weighted by Crippen LogP contribution is -2.25. The smallest absolute Gasteiger partial charge is 0.307 e. The molecule has 0 radical (unpaired) electrons. The van der Waals surface area contributed by atoms with Crippen LogP contribution in [0.4, 0.5) is 0 Å². The number of fused-ring (bicyclic) bond motifs is 1.